The van der Waals surface area contributed by atoms with Gasteiger partial charge in [0.2, 0.25) is 5.76 Å². The Morgan fingerprint density at radius 2 is 2.09 bits per heavy atom. The van der Waals surface area contributed by atoms with Crippen LogP contribution in [0.5, 0.6) is 0 Å². The number of aromatic nitrogens is 1. The third-order valence-electron chi connectivity index (χ3n) is 3.63. The van der Waals surface area contributed by atoms with Crippen LogP contribution in [0.1, 0.15) is 33.1 Å². The molecule has 0 unspecified atom stereocenters. The van der Waals surface area contributed by atoms with E-state index in [1.165, 1.54) is 6.07 Å². The Balaban J connectivity index is 1.87. The number of carbonyl (C=O) groups excluding carboxylic acids is 1. The fourth-order valence-electron chi connectivity index (χ4n) is 2.31. The number of hydrogen-bond acceptors (Lipinski definition) is 5. The van der Waals surface area contributed by atoms with Gasteiger partial charge in [0.25, 0.3) is 0 Å². The van der Waals surface area contributed by atoms with Gasteiger partial charge in [0.15, 0.2) is 11.4 Å². The van der Waals surface area contributed by atoms with Crippen LogP contribution in [0.2, 0.25) is 0 Å². The molecule has 2 aromatic heterocycles. The number of ether oxygens (including phenoxy) is 1. The molecule has 0 aliphatic carbocycles. The number of para-hydroxylation sites is 1. The first-order valence-corrected chi connectivity index (χ1v) is 6.75. The van der Waals surface area contributed by atoms with Crippen molar-refractivity contribution >= 4 is 16.9 Å². The monoisotopic (exact) mass is 303 g/mol. The van der Waals surface area contributed by atoms with Crippen molar-refractivity contribution in [1.82, 2.24) is 5.16 Å². The topological polar surface area (TPSA) is 65.5 Å². The quantitative estimate of drug-likeness (QED) is 0.688. The third kappa shape index (κ3) is 2.26. The van der Waals surface area contributed by atoms with Crippen molar-refractivity contribution in [3.05, 3.63) is 52.4 Å². The molecule has 0 N–H and O–H groups in total. The highest BCUT2D eigenvalue weighted by molar-refractivity contribution is 5.96. The summed E-state index contributed by atoms with van der Waals surface area (Å²) >= 11 is 0. The van der Waals surface area contributed by atoms with Crippen molar-refractivity contribution in [2.45, 2.75) is 27.4 Å². The van der Waals surface area contributed by atoms with E-state index in [9.17, 15) is 9.18 Å². The van der Waals surface area contributed by atoms with Crippen molar-refractivity contribution in [2.24, 2.45) is 0 Å². The Morgan fingerprint density at radius 3 is 2.73 bits per heavy atom. The second-order valence-electron chi connectivity index (χ2n) is 5.05. The molecule has 2 heterocycles. The number of fused-ring (bicyclic) bond motifs is 1. The first kappa shape index (κ1) is 14.3. The minimum Gasteiger partial charge on any atom is -0.455 e. The smallest absolute Gasteiger partial charge is 0.374 e. The normalized spacial score (nSPS) is 11.1. The third-order valence-corrected chi connectivity index (χ3v) is 3.63. The first-order chi connectivity index (χ1) is 10.5. The fraction of sp³-hybridized carbons (Fsp3) is 0.250. The molecule has 0 fully saturated rings. The molecule has 0 aliphatic rings. The second kappa shape index (κ2) is 5.29. The van der Waals surface area contributed by atoms with Crippen LogP contribution < -0.4 is 0 Å². The minimum absolute atomic E-state index is 0.00635. The molecule has 0 spiro atoms. The minimum atomic E-state index is -0.645. The maximum Gasteiger partial charge on any atom is 0.374 e. The molecule has 0 aliphatic heterocycles. The standard InChI is InChI=1S/C16H14FNO4/c1-8-11-5-4-6-13(17)15(11)21-14(8)16(19)20-7-12-9(2)18-22-10(12)3/h4-6H,7H2,1-3H3. The summed E-state index contributed by atoms with van der Waals surface area (Å²) in [5.74, 6) is -0.553. The molecule has 22 heavy (non-hydrogen) atoms. The first-order valence-electron chi connectivity index (χ1n) is 6.75. The molecule has 0 bridgehead atoms. The summed E-state index contributed by atoms with van der Waals surface area (Å²) in [7, 11) is 0. The summed E-state index contributed by atoms with van der Waals surface area (Å²) < 4.78 is 29.3. The number of hydrogen-bond donors (Lipinski definition) is 0. The zero-order valence-corrected chi connectivity index (χ0v) is 12.4. The molecule has 3 rings (SSSR count). The van der Waals surface area contributed by atoms with E-state index < -0.39 is 11.8 Å². The van der Waals surface area contributed by atoms with E-state index in [1.54, 1.807) is 32.9 Å². The average Bonchev–Trinajstić information content (AvgIpc) is 2.99. The molecular weight excluding hydrogens is 289 g/mol. The molecule has 0 radical (unpaired) electrons. The molecule has 3 aromatic rings. The van der Waals surface area contributed by atoms with E-state index in [2.05, 4.69) is 5.16 Å². The van der Waals surface area contributed by atoms with Crippen LogP contribution in [0.4, 0.5) is 4.39 Å². The molecule has 0 saturated heterocycles. The van der Waals surface area contributed by atoms with Crippen LogP contribution in [0.3, 0.4) is 0 Å². The number of nitrogens with zero attached hydrogens (tertiary/aromatic N) is 1. The van der Waals surface area contributed by atoms with E-state index in [0.29, 0.717) is 28.0 Å². The maximum atomic E-state index is 13.7. The van der Waals surface area contributed by atoms with Gasteiger partial charge in [-0.15, -0.1) is 0 Å². The number of carbonyl (C=O) groups is 1. The van der Waals surface area contributed by atoms with Gasteiger partial charge in [-0.05, 0) is 26.8 Å². The lowest BCUT2D eigenvalue weighted by atomic mass is 10.1. The van der Waals surface area contributed by atoms with Gasteiger partial charge in [0.1, 0.15) is 12.4 Å². The van der Waals surface area contributed by atoms with E-state index in [-0.39, 0.29) is 18.0 Å². The van der Waals surface area contributed by atoms with Crippen LogP contribution in [-0.4, -0.2) is 11.1 Å². The Labute approximate surface area is 125 Å². The van der Waals surface area contributed by atoms with Crippen LogP contribution in [0, 0.1) is 26.6 Å². The van der Waals surface area contributed by atoms with Gasteiger partial charge in [-0.1, -0.05) is 17.3 Å². The van der Waals surface area contributed by atoms with Crippen LogP contribution in [-0.2, 0) is 11.3 Å². The number of furan rings is 1. The van der Waals surface area contributed by atoms with E-state index >= 15 is 0 Å². The lowest BCUT2D eigenvalue weighted by Gasteiger charge is -2.02. The van der Waals surface area contributed by atoms with Gasteiger partial charge in [0.05, 0.1) is 11.3 Å². The van der Waals surface area contributed by atoms with Crippen molar-refractivity contribution in [3.8, 4) is 0 Å². The maximum absolute atomic E-state index is 13.7. The molecule has 0 amide bonds. The summed E-state index contributed by atoms with van der Waals surface area (Å²) in [5.41, 5.74) is 1.99. The summed E-state index contributed by atoms with van der Waals surface area (Å²) in [6.45, 7) is 5.23. The molecule has 5 nitrogen and oxygen atoms in total. The fourth-order valence-corrected chi connectivity index (χ4v) is 2.31. The Bertz CT molecular complexity index is 843. The molecular formula is C16H14FNO4. The highest BCUT2D eigenvalue weighted by Crippen LogP contribution is 2.28. The predicted octanol–water partition coefficient (Wildman–Crippen LogP) is 3.84. The number of halogens is 1. The van der Waals surface area contributed by atoms with Crippen molar-refractivity contribution in [2.75, 3.05) is 0 Å². The Kier molecular flexibility index (Phi) is 3.44. The molecule has 6 heteroatoms. The van der Waals surface area contributed by atoms with Crippen molar-refractivity contribution < 1.29 is 22.9 Å². The molecule has 0 saturated carbocycles. The number of esters is 1. The second-order valence-corrected chi connectivity index (χ2v) is 5.05. The van der Waals surface area contributed by atoms with E-state index in [1.807, 2.05) is 0 Å². The summed E-state index contributed by atoms with van der Waals surface area (Å²) in [4.78, 5) is 12.2. The zero-order chi connectivity index (χ0) is 15.9. The van der Waals surface area contributed by atoms with E-state index in [4.69, 9.17) is 13.7 Å². The van der Waals surface area contributed by atoms with Crippen LogP contribution in [0.25, 0.3) is 11.0 Å². The predicted molar refractivity (Wildman–Crippen MR) is 76.0 cm³/mol. The zero-order valence-electron chi connectivity index (χ0n) is 12.4. The number of rotatable bonds is 3. The van der Waals surface area contributed by atoms with Gasteiger partial charge in [-0.25, -0.2) is 9.18 Å². The molecule has 1 aromatic carbocycles. The summed E-state index contributed by atoms with van der Waals surface area (Å²) in [6, 6.07) is 4.55. The lowest BCUT2D eigenvalue weighted by Crippen LogP contribution is -2.06. The van der Waals surface area contributed by atoms with Crippen LogP contribution in [0.15, 0.2) is 27.1 Å². The van der Waals surface area contributed by atoms with Gasteiger partial charge in [-0.2, -0.15) is 0 Å². The number of aryl methyl sites for hydroxylation is 3. The Morgan fingerprint density at radius 1 is 1.32 bits per heavy atom. The highest BCUT2D eigenvalue weighted by atomic mass is 19.1. The SMILES string of the molecule is Cc1noc(C)c1COC(=O)c1oc2c(F)cccc2c1C. The van der Waals surface area contributed by atoms with Gasteiger partial charge < -0.3 is 13.7 Å². The molecule has 114 valence electrons. The summed E-state index contributed by atoms with van der Waals surface area (Å²) in [6.07, 6.45) is 0. The number of benzene rings is 1. The largest absolute Gasteiger partial charge is 0.455 e. The Hall–Kier alpha value is -2.63. The van der Waals surface area contributed by atoms with Gasteiger partial charge >= 0.3 is 5.97 Å². The van der Waals surface area contributed by atoms with Crippen molar-refractivity contribution in [1.29, 1.82) is 0 Å². The lowest BCUT2D eigenvalue weighted by molar-refractivity contribution is 0.0435. The van der Waals surface area contributed by atoms with Crippen molar-refractivity contribution in [3.63, 3.8) is 0 Å². The summed E-state index contributed by atoms with van der Waals surface area (Å²) in [5, 5.41) is 4.35. The van der Waals surface area contributed by atoms with Gasteiger partial charge in [-0.3, -0.25) is 0 Å². The van der Waals surface area contributed by atoms with E-state index in [0.717, 1.165) is 0 Å². The average molecular weight is 303 g/mol. The van der Waals surface area contributed by atoms with Gasteiger partial charge in [0, 0.05) is 10.9 Å². The highest BCUT2D eigenvalue weighted by Gasteiger charge is 2.21. The molecule has 0 atom stereocenters. The van der Waals surface area contributed by atoms with Crippen LogP contribution >= 0.6 is 0 Å².